The van der Waals surface area contributed by atoms with Crippen LogP contribution in [0.2, 0.25) is 4.34 Å². The van der Waals surface area contributed by atoms with Crippen molar-refractivity contribution in [2.45, 2.75) is 33.1 Å². The molecule has 1 heterocycles. The van der Waals surface area contributed by atoms with E-state index in [1.165, 1.54) is 11.3 Å². The molecule has 0 aliphatic rings. The van der Waals surface area contributed by atoms with E-state index in [2.05, 4.69) is 13.8 Å². The molecule has 0 aromatic carbocycles. The molecule has 3 heteroatoms. The van der Waals surface area contributed by atoms with Crippen molar-refractivity contribution in [1.82, 2.24) is 0 Å². The van der Waals surface area contributed by atoms with Crippen LogP contribution < -0.4 is 0 Å². The summed E-state index contributed by atoms with van der Waals surface area (Å²) in [6.45, 7) is 4.35. The third kappa shape index (κ3) is 3.81. The molecular formula is C11H15ClOS. The zero-order valence-corrected chi connectivity index (χ0v) is 10.1. The number of Topliss-reactive ketones (excluding diaryl/α,β-unsaturated/α-hetero) is 1. The van der Waals surface area contributed by atoms with Gasteiger partial charge in [0.1, 0.15) is 0 Å². The number of hydrogen-bond acceptors (Lipinski definition) is 2. The molecule has 0 amide bonds. The van der Waals surface area contributed by atoms with E-state index in [9.17, 15) is 4.79 Å². The first-order valence-electron chi connectivity index (χ1n) is 4.88. The summed E-state index contributed by atoms with van der Waals surface area (Å²) in [6, 6.07) is 3.59. The molecule has 14 heavy (non-hydrogen) atoms. The third-order valence-electron chi connectivity index (χ3n) is 2.03. The molecule has 1 nitrogen and oxygen atoms in total. The molecule has 1 aromatic heterocycles. The summed E-state index contributed by atoms with van der Waals surface area (Å²) in [4.78, 5) is 12.4. The van der Waals surface area contributed by atoms with Crippen LogP contribution in [0.25, 0.3) is 0 Å². The molecule has 0 radical (unpaired) electrons. The quantitative estimate of drug-likeness (QED) is 0.685. The van der Waals surface area contributed by atoms with E-state index in [1.54, 1.807) is 6.07 Å². The van der Waals surface area contributed by atoms with E-state index in [4.69, 9.17) is 11.6 Å². The van der Waals surface area contributed by atoms with Gasteiger partial charge in [-0.25, -0.2) is 0 Å². The summed E-state index contributed by atoms with van der Waals surface area (Å²) in [5.74, 6) is 0.900. The second kappa shape index (κ2) is 5.52. The van der Waals surface area contributed by atoms with Gasteiger partial charge in [0.05, 0.1) is 9.21 Å². The van der Waals surface area contributed by atoms with Gasteiger partial charge in [-0.05, 0) is 24.5 Å². The minimum atomic E-state index is 0.225. The first-order chi connectivity index (χ1) is 6.59. The summed E-state index contributed by atoms with van der Waals surface area (Å²) in [5, 5.41) is 0. The normalized spacial score (nSPS) is 10.9. The van der Waals surface area contributed by atoms with Crippen LogP contribution in [0.4, 0.5) is 0 Å². The SMILES string of the molecule is CC(C)CCCC(=O)c1ccc(Cl)s1. The van der Waals surface area contributed by atoms with Crippen LogP contribution in [0.1, 0.15) is 42.8 Å². The van der Waals surface area contributed by atoms with Crippen molar-refractivity contribution in [3.8, 4) is 0 Å². The van der Waals surface area contributed by atoms with Crippen molar-refractivity contribution in [3.63, 3.8) is 0 Å². The van der Waals surface area contributed by atoms with Gasteiger partial charge in [-0.2, -0.15) is 0 Å². The van der Waals surface area contributed by atoms with Gasteiger partial charge in [-0.1, -0.05) is 31.9 Å². The van der Waals surface area contributed by atoms with Crippen molar-refractivity contribution in [3.05, 3.63) is 21.3 Å². The molecule has 0 saturated heterocycles. The van der Waals surface area contributed by atoms with E-state index >= 15 is 0 Å². The van der Waals surface area contributed by atoms with Gasteiger partial charge < -0.3 is 0 Å². The van der Waals surface area contributed by atoms with Crippen molar-refractivity contribution in [2.75, 3.05) is 0 Å². The summed E-state index contributed by atoms with van der Waals surface area (Å²) in [6.07, 6.45) is 2.74. The maximum Gasteiger partial charge on any atom is 0.172 e. The van der Waals surface area contributed by atoms with Crippen LogP contribution in [0.5, 0.6) is 0 Å². The van der Waals surface area contributed by atoms with Crippen molar-refractivity contribution in [1.29, 1.82) is 0 Å². The zero-order chi connectivity index (χ0) is 10.6. The largest absolute Gasteiger partial charge is 0.293 e. The molecule has 0 N–H and O–H groups in total. The Balaban J connectivity index is 2.36. The number of halogens is 1. The molecule has 1 aromatic rings. The lowest BCUT2D eigenvalue weighted by atomic mass is 10.0. The highest BCUT2D eigenvalue weighted by molar-refractivity contribution is 7.18. The maximum atomic E-state index is 11.6. The standard InChI is InChI=1S/C11H15ClOS/c1-8(2)4-3-5-9(13)10-6-7-11(12)14-10/h6-8H,3-5H2,1-2H3. The van der Waals surface area contributed by atoms with E-state index in [1.807, 2.05) is 6.07 Å². The summed E-state index contributed by atoms with van der Waals surface area (Å²) >= 11 is 7.13. The van der Waals surface area contributed by atoms with Crippen LogP contribution in [0.3, 0.4) is 0 Å². The Labute approximate surface area is 94.1 Å². The molecule has 78 valence electrons. The predicted octanol–water partition coefficient (Wildman–Crippen LogP) is 4.41. The van der Waals surface area contributed by atoms with E-state index in [0.29, 0.717) is 16.7 Å². The minimum absolute atomic E-state index is 0.225. The fraction of sp³-hybridized carbons (Fsp3) is 0.545. The number of carbonyl (C=O) groups excluding carboxylic acids is 1. The maximum absolute atomic E-state index is 11.6. The Morgan fingerprint density at radius 3 is 2.71 bits per heavy atom. The smallest absolute Gasteiger partial charge is 0.172 e. The number of carbonyl (C=O) groups is 1. The molecule has 0 unspecified atom stereocenters. The van der Waals surface area contributed by atoms with Gasteiger partial charge in [-0.3, -0.25) is 4.79 Å². The monoisotopic (exact) mass is 230 g/mol. The Morgan fingerprint density at radius 2 is 2.21 bits per heavy atom. The van der Waals surface area contributed by atoms with Crippen LogP contribution in [-0.2, 0) is 0 Å². The van der Waals surface area contributed by atoms with Crippen molar-refractivity contribution >= 4 is 28.7 Å². The van der Waals surface area contributed by atoms with Crippen LogP contribution in [0.15, 0.2) is 12.1 Å². The Kier molecular flexibility index (Phi) is 4.63. The van der Waals surface area contributed by atoms with E-state index in [0.717, 1.165) is 17.7 Å². The molecule has 1 rings (SSSR count). The Morgan fingerprint density at radius 1 is 1.50 bits per heavy atom. The fourth-order valence-corrected chi connectivity index (χ4v) is 2.27. The summed E-state index contributed by atoms with van der Waals surface area (Å²) in [7, 11) is 0. The fourth-order valence-electron chi connectivity index (χ4n) is 1.26. The van der Waals surface area contributed by atoms with Gasteiger partial charge in [0.2, 0.25) is 0 Å². The molecule has 0 atom stereocenters. The predicted molar refractivity (Wildman–Crippen MR) is 62.3 cm³/mol. The first-order valence-corrected chi connectivity index (χ1v) is 6.07. The van der Waals surface area contributed by atoms with E-state index < -0.39 is 0 Å². The van der Waals surface area contributed by atoms with Crippen LogP contribution in [0, 0.1) is 5.92 Å². The molecule has 0 spiro atoms. The minimum Gasteiger partial charge on any atom is -0.293 e. The van der Waals surface area contributed by atoms with Gasteiger partial charge in [0, 0.05) is 6.42 Å². The topological polar surface area (TPSA) is 17.1 Å². The zero-order valence-electron chi connectivity index (χ0n) is 8.55. The molecule has 0 fully saturated rings. The molecule has 0 saturated carbocycles. The summed E-state index contributed by atoms with van der Waals surface area (Å²) in [5.41, 5.74) is 0. The number of ketones is 1. The van der Waals surface area contributed by atoms with Gasteiger partial charge in [0.15, 0.2) is 5.78 Å². The average molecular weight is 231 g/mol. The highest BCUT2D eigenvalue weighted by Crippen LogP contribution is 2.23. The van der Waals surface area contributed by atoms with Crippen LogP contribution in [-0.4, -0.2) is 5.78 Å². The lowest BCUT2D eigenvalue weighted by molar-refractivity contribution is 0.0982. The highest BCUT2D eigenvalue weighted by atomic mass is 35.5. The van der Waals surface area contributed by atoms with Crippen LogP contribution >= 0.6 is 22.9 Å². The van der Waals surface area contributed by atoms with Crippen molar-refractivity contribution in [2.24, 2.45) is 5.92 Å². The van der Waals surface area contributed by atoms with Gasteiger partial charge in [-0.15, -0.1) is 11.3 Å². The Bertz CT molecular complexity index is 304. The molecule has 0 aliphatic carbocycles. The third-order valence-corrected chi connectivity index (χ3v) is 3.31. The van der Waals surface area contributed by atoms with E-state index in [-0.39, 0.29) is 5.78 Å². The van der Waals surface area contributed by atoms with Gasteiger partial charge >= 0.3 is 0 Å². The lowest BCUT2D eigenvalue weighted by Crippen LogP contribution is -1.97. The molecule has 0 aliphatic heterocycles. The highest BCUT2D eigenvalue weighted by Gasteiger charge is 2.08. The van der Waals surface area contributed by atoms with Crippen molar-refractivity contribution < 1.29 is 4.79 Å². The average Bonchev–Trinajstić information content (AvgIpc) is 2.51. The second-order valence-corrected chi connectivity index (χ2v) is 5.53. The number of thiophene rings is 1. The second-order valence-electron chi connectivity index (χ2n) is 3.81. The lowest BCUT2D eigenvalue weighted by Gasteiger charge is -2.02. The van der Waals surface area contributed by atoms with Gasteiger partial charge in [0.25, 0.3) is 0 Å². The Hall–Kier alpha value is -0.340. The molecule has 0 bridgehead atoms. The molecular weight excluding hydrogens is 216 g/mol. The number of rotatable bonds is 5. The number of hydrogen-bond donors (Lipinski definition) is 0. The first kappa shape index (κ1) is 11.7. The summed E-state index contributed by atoms with van der Waals surface area (Å²) < 4.78 is 0.692.